The fraction of sp³-hybridized carbons (Fsp3) is 0.214. The summed E-state index contributed by atoms with van der Waals surface area (Å²) in [5, 5.41) is 0. The second kappa shape index (κ2) is 5.60. The normalized spacial score (nSPS) is 10.4. The number of aromatic nitrogens is 1. The van der Waals surface area contributed by atoms with E-state index in [-0.39, 0.29) is 5.82 Å². The Morgan fingerprint density at radius 2 is 1.94 bits per heavy atom. The second-order valence-corrected chi connectivity index (χ2v) is 4.15. The van der Waals surface area contributed by atoms with Gasteiger partial charge in [0.25, 0.3) is 0 Å². The Morgan fingerprint density at radius 1 is 1.22 bits per heavy atom. The molecule has 94 valence electrons. The van der Waals surface area contributed by atoms with Crippen molar-refractivity contribution in [2.24, 2.45) is 5.73 Å². The molecule has 0 bridgehead atoms. The molecule has 1 heterocycles. The van der Waals surface area contributed by atoms with Crippen molar-refractivity contribution in [1.29, 1.82) is 0 Å². The lowest BCUT2D eigenvalue weighted by atomic mass is 10.2. The topological polar surface area (TPSA) is 42.2 Å². The molecule has 0 aliphatic carbocycles. The summed E-state index contributed by atoms with van der Waals surface area (Å²) < 4.78 is 12.8. The van der Waals surface area contributed by atoms with E-state index in [1.807, 2.05) is 24.1 Å². The van der Waals surface area contributed by atoms with Crippen molar-refractivity contribution in [1.82, 2.24) is 4.98 Å². The van der Waals surface area contributed by atoms with Crippen molar-refractivity contribution < 1.29 is 4.39 Å². The van der Waals surface area contributed by atoms with Gasteiger partial charge in [0.15, 0.2) is 0 Å². The van der Waals surface area contributed by atoms with Gasteiger partial charge in [-0.15, -0.1) is 0 Å². The summed E-state index contributed by atoms with van der Waals surface area (Å²) in [7, 11) is 1.95. The monoisotopic (exact) mass is 245 g/mol. The Balaban J connectivity index is 2.15. The highest BCUT2D eigenvalue weighted by atomic mass is 19.1. The van der Waals surface area contributed by atoms with E-state index in [0.29, 0.717) is 13.1 Å². The Morgan fingerprint density at radius 3 is 2.61 bits per heavy atom. The van der Waals surface area contributed by atoms with Gasteiger partial charge in [-0.2, -0.15) is 0 Å². The summed E-state index contributed by atoms with van der Waals surface area (Å²) in [6, 6.07) is 10.3. The molecule has 0 spiro atoms. The van der Waals surface area contributed by atoms with E-state index >= 15 is 0 Å². The van der Waals surface area contributed by atoms with Crippen molar-refractivity contribution in [3.05, 3.63) is 59.7 Å². The number of pyridine rings is 1. The maximum Gasteiger partial charge on any atom is 0.123 e. The zero-order valence-electron chi connectivity index (χ0n) is 10.3. The van der Waals surface area contributed by atoms with E-state index in [9.17, 15) is 4.39 Å². The first-order chi connectivity index (χ1) is 8.70. The van der Waals surface area contributed by atoms with Crippen molar-refractivity contribution in [3.8, 4) is 0 Å². The van der Waals surface area contributed by atoms with Crippen LogP contribution in [-0.4, -0.2) is 12.0 Å². The number of anilines is 1. The van der Waals surface area contributed by atoms with E-state index < -0.39 is 0 Å². The van der Waals surface area contributed by atoms with Crippen LogP contribution in [0, 0.1) is 5.82 Å². The minimum atomic E-state index is -0.229. The van der Waals surface area contributed by atoms with Crippen LogP contribution in [-0.2, 0) is 13.1 Å². The largest absolute Gasteiger partial charge is 0.369 e. The Hall–Kier alpha value is -1.94. The Labute approximate surface area is 106 Å². The van der Waals surface area contributed by atoms with Crippen LogP contribution in [0.1, 0.15) is 11.3 Å². The molecule has 0 atom stereocenters. The standard InChI is InChI=1S/C14H16FN3/c1-18(13-6-4-12(15)5-7-13)10-14-11(9-16)3-2-8-17-14/h2-8H,9-10,16H2,1H3. The third-order valence-electron chi connectivity index (χ3n) is 2.86. The molecule has 2 rings (SSSR count). The van der Waals surface area contributed by atoms with Gasteiger partial charge in [0.1, 0.15) is 5.82 Å². The van der Waals surface area contributed by atoms with Crippen molar-refractivity contribution in [2.75, 3.05) is 11.9 Å². The summed E-state index contributed by atoms with van der Waals surface area (Å²) in [4.78, 5) is 6.35. The molecule has 4 heteroatoms. The molecule has 1 aromatic heterocycles. The molecule has 18 heavy (non-hydrogen) atoms. The molecule has 0 saturated carbocycles. The Kier molecular flexibility index (Phi) is 3.89. The maximum absolute atomic E-state index is 12.8. The molecule has 0 saturated heterocycles. The number of nitrogens with two attached hydrogens (primary N) is 1. The zero-order valence-corrected chi connectivity index (χ0v) is 10.3. The molecular weight excluding hydrogens is 229 g/mol. The highest BCUT2D eigenvalue weighted by molar-refractivity contribution is 5.46. The number of benzene rings is 1. The number of nitrogens with zero attached hydrogens (tertiary/aromatic N) is 2. The van der Waals surface area contributed by atoms with Crippen molar-refractivity contribution >= 4 is 5.69 Å². The number of rotatable bonds is 4. The van der Waals surface area contributed by atoms with Gasteiger partial charge in [-0.3, -0.25) is 4.98 Å². The first kappa shape index (κ1) is 12.5. The van der Waals surface area contributed by atoms with Gasteiger partial charge in [-0.1, -0.05) is 6.07 Å². The SMILES string of the molecule is CN(Cc1ncccc1CN)c1ccc(F)cc1. The molecule has 2 N–H and O–H groups in total. The quantitative estimate of drug-likeness (QED) is 0.898. The first-order valence-electron chi connectivity index (χ1n) is 5.80. The van der Waals surface area contributed by atoms with E-state index in [4.69, 9.17) is 5.73 Å². The maximum atomic E-state index is 12.8. The molecule has 0 unspecified atom stereocenters. The molecule has 0 radical (unpaired) electrons. The lowest BCUT2D eigenvalue weighted by Gasteiger charge is -2.20. The summed E-state index contributed by atoms with van der Waals surface area (Å²) in [5.41, 5.74) is 8.61. The lowest BCUT2D eigenvalue weighted by molar-refractivity contribution is 0.627. The van der Waals surface area contributed by atoms with Crippen LogP contribution < -0.4 is 10.6 Å². The summed E-state index contributed by atoms with van der Waals surface area (Å²) in [5.74, 6) is -0.229. The van der Waals surface area contributed by atoms with E-state index in [0.717, 1.165) is 16.9 Å². The minimum absolute atomic E-state index is 0.229. The van der Waals surface area contributed by atoms with Crippen LogP contribution in [0.25, 0.3) is 0 Å². The van der Waals surface area contributed by atoms with Gasteiger partial charge in [-0.05, 0) is 35.9 Å². The molecule has 0 amide bonds. The minimum Gasteiger partial charge on any atom is -0.369 e. The average molecular weight is 245 g/mol. The molecule has 0 aliphatic rings. The van der Waals surface area contributed by atoms with Gasteiger partial charge in [-0.25, -0.2) is 4.39 Å². The van der Waals surface area contributed by atoms with Crippen LogP contribution in [0.15, 0.2) is 42.6 Å². The lowest BCUT2D eigenvalue weighted by Crippen LogP contribution is -2.19. The summed E-state index contributed by atoms with van der Waals surface area (Å²) in [6.45, 7) is 1.12. The second-order valence-electron chi connectivity index (χ2n) is 4.15. The van der Waals surface area contributed by atoms with E-state index in [1.54, 1.807) is 18.3 Å². The Bertz CT molecular complexity index is 511. The van der Waals surface area contributed by atoms with E-state index in [2.05, 4.69) is 4.98 Å². The van der Waals surface area contributed by atoms with Gasteiger partial charge >= 0.3 is 0 Å². The third-order valence-corrected chi connectivity index (χ3v) is 2.86. The fourth-order valence-electron chi connectivity index (χ4n) is 1.81. The molecule has 0 fully saturated rings. The average Bonchev–Trinajstić information content (AvgIpc) is 2.40. The van der Waals surface area contributed by atoms with Crippen LogP contribution in [0.2, 0.25) is 0 Å². The predicted octanol–water partition coefficient (Wildman–Crippen LogP) is 2.32. The van der Waals surface area contributed by atoms with Crippen molar-refractivity contribution in [2.45, 2.75) is 13.1 Å². The molecule has 2 aromatic rings. The molecular formula is C14H16FN3. The molecule has 3 nitrogen and oxygen atoms in total. The van der Waals surface area contributed by atoms with Crippen molar-refractivity contribution in [3.63, 3.8) is 0 Å². The number of halogens is 1. The molecule has 1 aromatic carbocycles. The van der Waals surface area contributed by atoms with Gasteiger partial charge in [0, 0.05) is 25.5 Å². The smallest absolute Gasteiger partial charge is 0.123 e. The highest BCUT2D eigenvalue weighted by Gasteiger charge is 2.06. The zero-order chi connectivity index (χ0) is 13.0. The van der Waals surface area contributed by atoms with Crippen LogP contribution in [0.4, 0.5) is 10.1 Å². The van der Waals surface area contributed by atoms with Crippen LogP contribution >= 0.6 is 0 Å². The van der Waals surface area contributed by atoms with Crippen LogP contribution in [0.5, 0.6) is 0 Å². The van der Waals surface area contributed by atoms with Gasteiger partial charge in [0.05, 0.1) is 12.2 Å². The number of hydrogen-bond acceptors (Lipinski definition) is 3. The summed E-state index contributed by atoms with van der Waals surface area (Å²) in [6.07, 6.45) is 1.76. The summed E-state index contributed by atoms with van der Waals surface area (Å²) >= 11 is 0. The predicted molar refractivity (Wildman–Crippen MR) is 70.6 cm³/mol. The highest BCUT2D eigenvalue weighted by Crippen LogP contribution is 2.16. The first-order valence-corrected chi connectivity index (χ1v) is 5.80. The van der Waals surface area contributed by atoms with Crippen LogP contribution in [0.3, 0.4) is 0 Å². The molecule has 0 aliphatic heterocycles. The van der Waals surface area contributed by atoms with E-state index in [1.165, 1.54) is 12.1 Å². The van der Waals surface area contributed by atoms with Gasteiger partial charge in [0.2, 0.25) is 0 Å². The number of hydrogen-bond donors (Lipinski definition) is 1. The van der Waals surface area contributed by atoms with Gasteiger partial charge < -0.3 is 10.6 Å². The third kappa shape index (κ3) is 2.84. The fourth-order valence-corrected chi connectivity index (χ4v) is 1.81.